The van der Waals surface area contributed by atoms with Crippen LogP contribution in [0.5, 0.6) is 23.0 Å². The molecule has 0 amide bonds. The van der Waals surface area contributed by atoms with Gasteiger partial charge in [0.25, 0.3) is 5.69 Å². The van der Waals surface area contributed by atoms with Crippen LogP contribution in [0.2, 0.25) is 0 Å². The fourth-order valence-corrected chi connectivity index (χ4v) is 6.96. The van der Waals surface area contributed by atoms with Crippen LogP contribution >= 0.6 is 0 Å². The third-order valence-corrected chi connectivity index (χ3v) is 10.3. The number of hydrogen-bond donors (Lipinski definition) is 3. The maximum Gasteiger partial charge on any atom is 0.271 e. The summed E-state index contributed by atoms with van der Waals surface area (Å²) in [7, 11) is 3.89. The first-order valence-electron chi connectivity index (χ1n) is 18.9. The highest BCUT2D eigenvalue weighted by Crippen LogP contribution is 2.35. The molecule has 4 N–H and O–H groups in total. The van der Waals surface area contributed by atoms with E-state index in [4.69, 9.17) is 24.7 Å². The largest absolute Gasteiger partial charge is 0.454 e. The van der Waals surface area contributed by atoms with Crippen LogP contribution in [0.4, 0.5) is 34.1 Å². The molecule has 14 nitrogen and oxygen atoms in total. The zero-order valence-corrected chi connectivity index (χ0v) is 32.5. The molecule has 2 aromatic heterocycles. The minimum atomic E-state index is -0.395. The molecule has 0 aliphatic carbocycles. The van der Waals surface area contributed by atoms with Crippen LogP contribution in [0.3, 0.4) is 0 Å². The Morgan fingerprint density at radius 3 is 1.58 bits per heavy atom. The summed E-state index contributed by atoms with van der Waals surface area (Å²) in [6.45, 7) is 0.526. The molecule has 0 spiro atoms. The van der Waals surface area contributed by atoms with Crippen molar-refractivity contribution >= 4 is 80.2 Å². The predicted octanol–water partition coefficient (Wildman–Crippen LogP) is 9.95. The van der Waals surface area contributed by atoms with Gasteiger partial charge in [-0.3, -0.25) is 20.3 Å². The lowest BCUT2D eigenvalue weighted by atomic mass is 10.1. The molecule has 0 saturated heterocycles. The molecule has 298 valence electrons. The topological polar surface area (TPSA) is 170 Å². The number of fused-ring (bicyclic) bond motifs is 4. The lowest BCUT2D eigenvalue weighted by molar-refractivity contribution is -0.384. The van der Waals surface area contributed by atoms with Crippen LogP contribution < -0.4 is 34.5 Å². The standard InChI is InChI=1S/C23H18N4O4.C23H20N4O2/c1-26(16-3-2-4-18(12-16)27(28)29)17-7-8-19-20(24-25-21(19)13-17)9-5-15-6-10-22-23(11-15)31-14-30-22;1-27(17-4-2-3-16(24)12-17)18-7-8-19-20(25-26-21(19)13-18)9-5-15-6-10-22-23(11-15)29-14-28-22/h2-13H,14H2,1H3,(H,24,25);2-13H,14,24H2,1H3,(H,25,26)/b2*9-5+. The van der Waals surface area contributed by atoms with E-state index in [0.29, 0.717) is 0 Å². The second-order valence-electron chi connectivity index (χ2n) is 14.1. The van der Waals surface area contributed by atoms with Gasteiger partial charge in [-0.1, -0.05) is 36.4 Å². The van der Waals surface area contributed by atoms with Crippen molar-refractivity contribution in [3.63, 3.8) is 0 Å². The second kappa shape index (κ2) is 15.9. The summed E-state index contributed by atoms with van der Waals surface area (Å²) in [5.41, 5.74) is 16.0. The highest BCUT2D eigenvalue weighted by atomic mass is 16.7. The van der Waals surface area contributed by atoms with Gasteiger partial charge in [-0.05, 0) is 108 Å². The first kappa shape index (κ1) is 37.3. The number of nitrogens with one attached hydrogen (secondary N) is 2. The smallest absolute Gasteiger partial charge is 0.271 e. The molecule has 10 rings (SSSR count). The van der Waals surface area contributed by atoms with Crippen LogP contribution in [0.1, 0.15) is 22.5 Å². The van der Waals surface area contributed by atoms with E-state index < -0.39 is 4.92 Å². The third-order valence-electron chi connectivity index (χ3n) is 10.3. The van der Waals surface area contributed by atoms with Gasteiger partial charge in [0.2, 0.25) is 13.6 Å². The summed E-state index contributed by atoms with van der Waals surface area (Å²) in [6, 6.07) is 38.2. The van der Waals surface area contributed by atoms with Gasteiger partial charge in [0.1, 0.15) is 0 Å². The third kappa shape index (κ3) is 7.72. The molecule has 0 unspecified atom stereocenters. The molecule has 60 heavy (non-hydrogen) atoms. The minimum absolute atomic E-state index is 0.0582. The number of nitrogen functional groups attached to an aromatic ring is 1. The summed E-state index contributed by atoms with van der Waals surface area (Å²) in [5.74, 6) is 3.04. The van der Waals surface area contributed by atoms with E-state index in [0.717, 1.165) is 95.8 Å². The maximum atomic E-state index is 11.1. The molecule has 0 saturated carbocycles. The summed E-state index contributed by atoms with van der Waals surface area (Å²) in [5, 5.41) is 28.2. The molecular weight excluding hydrogens is 761 g/mol. The number of non-ortho nitro benzene ring substituents is 1. The van der Waals surface area contributed by atoms with E-state index in [9.17, 15) is 10.1 Å². The van der Waals surface area contributed by atoms with Gasteiger partial charge in [0, 0.05) is 65.4 Å². The molecule has 0 bridgehead atoms. The van der Waals surface area contributed by atoms with Crippen molar-refractivity contribution in [3.05, 3.63) is 154 Å². The van der Waals surface area contributed by atoms with Crippen molar-refractivity contribution in [1.29, 1.82) is 0 Å². The second-order valence-corrected chi connectivity index (χ2v) is 14.1. The van der Waals surface area contributed by atoms with Gasteiger partial charge in [0.05, 0.1) is 27.3 Å². The SMILES string of the molecule is CN(c1cccc(N)c1)c1ccc2c(/C=C/c3ccc4c(c3)OCO4)n[nH]c2c1.CN(c1cccc([N+](=O)[O-])c1)c1ccc2c(/C=C/c3ccc4c(c3)OCO4)n[nH]c2c1. The average molecular weight is 799 g/mol. The number of H-pyrrole nitrogens is 2. The molecule has 2 aliphatic heterocycles. The number of ether oxygens (including phenoxy) is 4. The molecule has 0 fully saturated rings. The van der Waals surface area contributed by atoms with Gasteiger partial charge < -0.3 is 34.5 Å². The van der Waals surface area contributed by atoms with E-state index in [1.54, 1.807) is 12.1 Å². The van der Waals surface area contributed by atoms with Crippen molar-refractivity contribution in [2.24, 2.45) is 0 Å². The molecule has 14 heteroatoms. The number of nitro benzene ring substituents is 1. The highest BCUT2D eigenvalue weighted by Gasteiger charge is 2.15. The lowest BCUT2D eigenvalue weighted by Gasteiger charge is -2.19. The number of hydrogen-bond acceptors (Lipinski definition) is 11. The van der Waals surface area contributed by atoms with Crippen molar-refractivity contribution in [2.75, 3.05) is 43.2 Å². The number of anilines is 5. The maximum absolute atomic E-state index is 11.1. The van der Waals surface area contributed by atoms with E-state index in [1.807, 2.05) is 128 Å². The molecule has 0 atom stereocenters. The molecule has 2 aliphatic rings. The van der Waals surface area contributed by atoms with Crippen molar-refractivity contribution < 1.29 is 23.9 Å². The van der Waals surface area contributed by atoms with Gasteiger partial charge in [-0.25, -0.2) is 0 Å². The van der Waals surface area contributed by atoms with E-state index in [1.165, 1.54) is 6.07 Å². The Morgan fingerprint density at radius 2 is 1.07 bits per heavy atom. The van der Waals surface area contributed by atoms with Crippen molar-refractivity contribution in [1.82, 2.24) is 20.4 Å². The van der Waals surface area contributed by atoms with Crippen LogP contribution in [-0.4, -0.2) is 53.0 Å². The number of aromatic amines is 2. The monoisotopic (exact) mass is 798 g/mol. The number of benzene rings is 6. The summed E-state index contributed by atoms with van der Waals surface area (Å²) in [4.78, 5) is 14.7. The van der Waals surface area contributed by atoms with Crippen molar-refractivity contribution in [3.8, 4) is 23.0 Å². The Morgan fingerprint density at radius 1 is 0.583 bits per heavy atom. The zero-order chi connectivity index (χ0) is 41.2. The first-order valence-corrected chi connectivity index (χ1v) is 18.9. The lowest BCUT2D eigenvalue weighted by Crippen LogP contribution is -2.09. The number of nitrogens with two attached hydrogens (primary N) is 1. The Kier molecular flexibility index (Phi) is 9.92. The molecule has 4 heterocycles. The molecule has 8 aromatic rings. The van der Waals surface area contributed by atoms with Crippen LogP contribution in [0, 0.1) is 10.1 Å². The summed E-state index contributed by atoms with van der Waals surface area (Å²) in [6.07, 6.45) is 7.93. The van der Waals surface area contributed by atoms with E-state index in [2.05, 4.69) is 43.5 Å². The van der Waals surface area contributed by atoms with Gasteiger partial charge in [-0.2, -0.15) is 10.2 Å². The number of nitro groups is 1. The Balaban J connectivity index is 0.000000154. The average Bonchev–Trinajstić information content (AvgIpc) is 4.11. The summed E-state index contributed by atoms with van der Waals surface area (Å²) < 4.78 is 21.6. The quantitative estimate of drug-likeness (QED) is 0.0721. The van der Waals surface area contributed by atoms with Crippen molar-refractivity contribution in [2.45, 2.75) is 0 Å². The Bertz CT molecular complexity index is 2960. The van der Waals surface area contributed by atoms with Gasteiger partial charge in [0.15, 0.2) is 23.0 Å². The summed E-state index contributed by atoms with van der Waals surface area (Å²) >= 11 is 0. The van der Waals surface area contributed by atoms with Gasteiger partial charge in [-0.15, -0.1) is 0 Å². The molecular formula is C46H38N8O6. The normalized spacial score (nSPS) is 12.6. The van der Waals surface area contributed by atoms with Gasteiger partial charge >= 0.3 is 0 Å². The Hall–Kier alpha value is -8.26. The zero-order valence-electron chi connectivity index (χ0n) is 32.5. The highest BCUT2D eigenvalue weighted by molar-refractivity contribution is 5.93. The molecule has 6 aromatic carbocycles. The van der Waals surface area contributed by atoms with Crippen LogP contribution in [-0.2, 0) is 0 Å². The number of aromatic nitrogens is 4. The number of rotatable bonds is 9. The Labute approximate surface area is 343 Å². The van der Waals surface area contributed by atoms with Crippen LogP contribution in [0.15, 0.2) is 121 Å². The van der Waals surface area contributed by atoms with E-state index >= 15 is 0 Å². The fraction of sp³-hybridized carbons (Fsp3) is 0.0870. The predicted molar refractivity (Wildman–Crippen MR) is 235 cm³/mol. The minimum Gasteiger partial charge on any atom is -0.454 e. The molecule has 0 radical (unpaired) electrons. The number of nitrogens with zero attached hydrogens (tertiary/aromatic N) is 5. The van der Waals surface area contributed by atoms with Crippen LogP contribution in [0.25, 0.3) is 46.1 Å². The fourth-order valence-electron chi connectivity index (χ4n) is 6.96. The first-order chi connectivity index (χ1) is 29.3. The van der Waals surface area contributed by atoms with E-state index in [-0.39, 0.29) is 19.3 Å².